The molecule has 0 saturated heterocycles. The van der Waals surface area contributed by atoms with E-state index in [1.165, 1.54) is 28.7 Å². The highest BCUT2D eigenvalue weighted by molar-refractivity contribution is 5.90. The average Bonchev–Trinajstić information content (AvgIpc) is 2.95. The van der Waals surface area contributed by atoms with Crippen LogP contribution in [0.2, 0.25) is 0 Å². The number of urea groups is 1. The highest BCUT2D eigenvalue weighted by Crippen LogP contribution is 2.35. The van der Waals surface area contributed by atoms with Gasteiger partial charge in [-0.05, 0) is 68.2 Å². The molecule has 0 aliphatic heterocycles. The van der Waals surface area contributed by atoms with Crippen LogP contribution in [-0.2, 0) is 25.7 Å². The molecule has 1 aromatic carbocycles. The zero-order valence-corrected chi connectivity index (χ0v) is 14.8. The first kappa shape index (κ1) is 21.0. The van der Waals surface area contributed by atoms with Gasteiger partial charge in [0.1, 0.15) is 0 Å². The smallest absolute Gasteiger partial charge is 0.316 e. The number of nitrogens with two attached hydrogens (primary N) is 2. The molecule has 1 aliphatic carbocycles. The van der Waals surface area contributed by atoms with Crippen LogP contribution in [0.25, 0.3) is 0 Å². The number of fused-ring (bicyclic) bond motifs is 1. The molecule has 2 rings (SSSR count). The van der Waals surface area contributed by atoms with Gasteiger partial charge in [-0.25, -0.2) is 4.79 Å². The lowest BCUT2D eigenvalue weighted by Gasteiger charge is -2.17. The minimum absolute atomic E-state index is 0. The van der Waals surface area contributed by atoms with E-state index < -0.39 is 6.03 Å². The lowest BCUT2D eigenvalue weighted by Crippen LogP contribution is -2.21. The van der Waals surface area contributed by atoms with E-state index >= 15 is 0 Å². The Morgan fingerprint density at radius 1 is 1.26 bits per heavy atom. The van der Waals surface area contributed by atoms with Gasteiger partial charge in [0.25, 0.3) is 0 Å². The van der Waals surface area contributed by atoms with Gasteiger partial charge in [-0.3, -0.25) is 0 Å². The molecule has 7 N–H and O–H groups in total. The number of hydrogen-bond acceptors (Lipinski definition) is 2. The molecular formula is C18H31N3O2. The molecule has 1 aliphatic rings. The number of nitrogens with one attached hydrogen (secondary N) is 1. The first-order chi connectivity index (χ1) is 10.4. The van der Waals surface area contributed by atoms with Crippen LogP contribution in [0.15, 0.2) is 17.8 Å². The van der Waals surface area contributed by atoms with Gasteiger partial charge in [-0.2, -0.15) is 0 Å². The number of allylic oxidation sites excluding steroid dienone is 2. The predicted octanol–water partition coefficient (Wildman–Crippen LogP) is 2.83. The van der Waals surface area contributed by atoms with Crippen molar-refractivity contribution in [3.63, 3.8) is 0 Å². The van der Waals surface area contributed by atoms with E-state index in [0.29, 0.717) is 0 Å². The summed E-state index contributed by atoms with van der Waals surface area (Å²) in [7, 11) is 0. The zero-order valence-electron chi connectivity index (χ0n) is 14.8. The fourth-order valence-corrected chi connectivity index (χ4v) is 2.85. The van der Waals surface area contributed by atoms with E-state index in [0.717, 1.165) is 37.1 Å². The summed E-state index contributed by atoms with van der Waals surface area (Å²) in [5, 5.41) is 2.84. The number of hydrogen-bond donors (Lipinski definition) is 3. The molecule has 0 atom stereocenters. The van der Waals surface area contributed by atoms with Crippen molar-refractivity contribution in [2.45, 2.75) is 59.8 Å². The Morgan fingerprint density at radius 3 is 2.30 bits per heavy atom. The quantitative estimate of drug-likeness (QED) is 0.795. The number of carbonyl (C=O) groups excluding carboxylic acids is 1. The van der Waals surface area contributed by atoms with Gasteiger partial charge in [0.15, 0.2) is 0 Å². The molecule has 0 heterocycles. The minimum Gasteiger partial charge on any atom is -0.412 e. The van der Waals surface area contributed by atoms with Crippen molar-refractivity contribution in [1.82, 2.24) is 0 Å². The van der Waals surface area contributed by atoms with Gasteiger partial charge in [0.2, 0.25) is 0 Å². The third-order valence-corrected chi connectivity index (χ3v) is 4.04. The molecule has 0 bridgehead atoms. The largest absolute Gasteiger partial charge is 0.412 e. The van der Waals surface area contributed by atoms with Gasteiger partial charge in [-0.15, -0.1) is 0 Å². The Labute approximate surface area is 139 Å². The lowest BCUT2D eigenvalue weighted by atomic mass is 9.94. The summed E-state index contributed by atoms with van der Waals surface area (Å²) >= 11 is 0. The highest BCUT2D eigenvalue weighted by atomic mass is 16.2. The van der Waals surface area contributed by atoms with Crippen LogP contribution < -0.4 is 16.8 Å². The van der Waals surface area contributed by atoms with Gasteiger partial charge in [-0.1, -0.05) is 26.0 Å². The van der Waals surface area contributed by atoms with Crippen molar-refractivity contribution in [2.75, 3.05) is 5.32 Å². The molecule has 1 aromatic rings. The van der Waals surface area contributed by atoms with E-state index in [9.17, 15) is 4.79 Å². The van der Waals surface area contributed by atoms with Crippen molar-refractivity contribution in [3.8, 4) is 0 Å². The number of carbonyl (C=O) groups is 1. The van der Waals surface area contributed by atoms with Gasteiger partial charge in [0.05, 0.1) is 0 Å². The van der Waals surface area contributed by atoms with Crippen LogP contribution in [0, 0.1) is 0 Å². The number of rotatable bonds is 3. The van der Waals surface area contributed by atoms with Crippen LogP contribution in [0.3, 0.4) is 0 Å². The topological polar surface area (TPSA) is 113 Å². The number of aryl methyl sites for hydroxylation is 2. The summed E-state index contributed by atoms with van der Waals surface area (Å²) < 4.78 is 0. The third kappa shape index (κ3) is 5.60. The van der Waals surface area contributed by atoms with E-state index in [2.05, 4.69) is 25.2 Å². The molecule has 0 fully saturated rings. The summed E-state index contributed by atoms with van der Waals surface area (Å²) in [5.41, 5.74) is 17.6. The summed E-state index contributed by atoms with van der Waals surface area (Å²) in [6.07, 6.45) is 7.16. The molecular weight excluding hydrogens is 290 g/mol. The van der Waals surface area contributed by atoms with E-state index in [-0.39, 0.29) is 5.48 Å². The minimum atomic E-state index is -0.456. The average molecular weight is 321 g/mol. The first-order valence-electron chi connectivity index (χ1n) is 8.05. The Hall–Kier alpha value is -2.01. The number of benzene rings is 1. The second-order valence-corrected chi connectivity index (χ2v) is 5.61. The summed E-state index contributed by atoms with van der Waals surface area (Å²) in [4.78, 5) is 11.1. The van der Waals surface area contributed by atoms with Gasteiger partial charge >= 0.3 is 6.03 Å². The molecule has 0 saturated carbocycles. The molecule has 0 aromatic heterocycles. The fourth-order valence-electron chi connectivity index (χ4n) is 2.85. The van der Waals surface area contributed by atoms with E-state index in [4.69, 9.17) is 11.5 Å². The highest BCUT2D eigenvalue weighted by Gasteiger charge is 2.20. The predicted molar refractivity (Wildman–Crippen MR) is 97.7 cm³/mol. The number of primary amides is 1. The van der Waals surface area contributed by atoms with Gasteiger partial charge in [0, 0.05) is 11.4 Å². The first-order valence-corrected chi connectivity index (χ1v) is 8.05. The lowest BCUT2D eigenvalue weighted by molar-refractivity contribution is 0.259. The molecule has 5 heteroatoms. The van der Waals surface area contributed by atoms with Crippen LogP contribution >= 0.6 is 0 Å². The molecule has 5 nitrogen and oxygen atoms in total. The van der Waals surface area contributed by atoms with E-state index in [1.54, 1.807) is 0 Å². The molecule has 0 unspecified atom stereocenters. The monoisotopic (exact) mass is 321 g/mol. The van der Waals surface area contributed by atoms with Crippen molar-refractivity contribution < 1.29 is 10.3 Å². The summed E-state index contributed by atoms with van der Waals surface area (Å²) in [6.45, 7) is 8.06. The molecule has 0 radical (unpaired) electrons. The van der Waals surface area contributed by atoms with Gasteiger partial charge < -0.3 is 22.3 Å². The summed E-state index contributed by atoms with van der Waals surface area (Å²) in [5.74, 6) is 0. The molecule has 2 amide bonds. The summed E-state index contributed by atoms with van der Waals surface area (Å²) in [6, 6.07) is 1.86. The van der Waals surface area contributed by atoms with Crippen LogP contribution in [0.5, 0.6) is 0 Å². The number of anilines is 1. The Bertz CT molecular complexity index is 562. The maximum atomic E-state index is 11.1. The zero-order chi connectivity index (χ0) is 16.7. The van der Waals surface area contributed by atoms with Crippen LogP contribution in [0.4, 0.5) is 10.5 Å². The Balaban J connectivity index is 0.000000709. The van der Waals surface area contributed by atoms with E-state index in [1.807, 2.05) is 19.9 Å². The number of amides is 2. The normalized spacial score (nSPS) is 12.6. The van der Waals surface area contributed by atoms with Crippen molar-refractivity contribution >= 4 is 11.7 Å². The maximum Gasteiger partial charge on any atom is 0.316 e. The Morgan fingerprint density at radius 2 is 1.87 bits per heavy atom. The molecule has 130 valence electrons. The molecule has 0 spiro atoms. The Kier molecular flexibility index (Phi) is 9.03. The second kappa shape index (κ2) is 9.90. The maximum absolute atomic E-state index is 11.1. The third-order valence-electron chi connectivity index (χ3n) is 4.04. The SMILES string of the molecule is C/C=C(\C)N.CCc1cc2c(c(NC(N)=O)c1CC)CCC2.O. The van der Waals surface area contributed by atoms with Crippen LogP contribution in [0.1, 0.15) is 56.4 Å². The fraction of sp³-hybridized carbons (Fsp3) is 0.500. The van der Waals surface area contributed by atoms with Crippen molar-refractivity contribution in [1.29, 1.82) is 0 Å². The van der Waals surface area contributed by atoms with Crippen LogP contribution in [-0.4, -0.2) is 11.5 Å². The van der Waals surface area contributed by atoms with Crippen molar-refractivity contribution in [3.05, 3.63) is 40.1 Å². The second-order valence-electron chi connectivity index (χ2n) is 5.61. The molecule has 23 heavy (non-hydrogen) atoms. The standard InChI is InChI=1S/C14H20N2O.C4H9N.H2O/c1-3-9-8-10-6-5-7-12(10)13(11(9)4-2)16-14(15)17;1-3-4(2)5;/h8H,3-7H2,1-2H3,(H3,15,16,17);3H,5H2,1-2H3;1H2/b;4-3+;. The van der Waals surface area contributed by atoms with Crippen molar-refractivity contribution in [2.24, 2.45) is 11.5 Å².